The molecule has 1 aromatic carbocycles. The van der Waals surface area contributed by atoms with Gasteiger partial charge in [0.1, 0.15) is 12.1 Å². The number of anilines is 2. The van der Waals surface area contributed by atoms with Gasteiger partial charge in [-0.05, 0) is 49.6 Å². The molecule has 1 saturated heterocycles. The molecular weight excluding hydrogens is 468 g/mol. The second-order valence-electron chi connectivity index (χ2n) is 9.67. The fraction of sp³-hybridized carbons (Fsp3) is 0.370. The fourth-order valence-electron chi connectivity index (χ4n) is 4.86. The average Bonchev–Trinajstić information content (AvgIpc) is 3.72. The van der Waals surface area contributed by atoms with Crippen LogP contribution in [0.25, 0.3) is 22.3 Å². The van der Waals surface area contributed by atoms with Gasteiger partial charge in [-0.25, -0.2) is 19.9 Å². The van der Waals surface area contributed by atoms with E-state index in [0.29, 0.717) is 23.7 Å². The predicted octanol–water partition coefficient (Wildman–Crippen LogP) is 3.78. The van der Waals surface area contributed by atoms with Crippen LogP contribution >= 0.6 is 0 Å². The Morgan fingerprint density at radius 3 is 2.70 bits per heavy atom. The van der Waals surface area contributed by atoms with Gasteiger partial charge in [0.2, 0.25) is 17.7 Å². The Balaban J connectivity index is 1.14. The van der Waals surface area contributed by atoms with Crippen LogP contribution in [0.3, 0.4) is 0 Å². The highest BCUT2D eigenvalue weighted by molar-refractivity contribution is 5.83. The Morgan fingerprint density at radius 1 is 1.08 bits per heavy atom. The molecule has 4 aromatic rings. The smallest absolute Gasteiger partial charge is 0.225 e. The third-order valence-corrected chi connectivity index (χ3v) is 7.24. The van der Waals surface area contributed by atoms with E-state index in [1.165, 1.54) is 11.9 Å². The summed E-state index contributed by atoms with van der Waals surface area (Å²) in [5.41, 5.74) is 4.63. The molecule has 10 nitrogen and oxygen atoms in total. The lowest BCUT2D eigenvalue weighted by molar-refractivity contribution is -0.134. The number of nitrogens with one attached hydrogen (secondary N) is 2. The molecule has 1 aliphatic carbocycles. The molecule has 1 aliphatic heterocycles. The molecule has 190 valence electrons. The number of amides is 1. The number of hydrogen-bond donors (Lipinski definition) is 2. The molecule has 10 heteroatoms. The molecule has 0 unspecified atom stereocenters. The number of imidazole rings is 1. The SMILES string of the molecule is COc1cc(-c2ccc3nc(Nc4cc([C@H](C)N5CCN(C(=O)C6CC6)CC5)ccn4)[nH]c3c2)ncn1. The summed E-state index contributed by atoms with van der Waals surface area (Å²) in [7, 11) is 1.59. The number of aromatic nitrogens is 5. The van der Waals surface area contributed by atoms with Crippen LogP contribution in [0.4, 0.5) is 11.8 Å². The molecule has 0 radical (unpaired) electrons. The van der Waals surface area contributed by atoms with Gasteiger partial charge in [0.25, 0.3) is 0 Å². The third kappa shape index (κ3) is 4.97. The van der Waals surface area contributed by atoms with Crippen molar-refractivity contribution < 1.29 is 9.53 Å². The number of carbonyl (C=O) groups is 1. The molecule has 37 heavy (non-hydrogen) atoms. The van der Waals surface area contributed by atoms with Crippen LogP contribution in [0.1, 0.15) is 31.4 Å². The summed E-state index contributed by atoms with van der Waals surface area (Å²) in [4.78, 5) is 37.8. The first-order valence-electron chi connectivity index (χ1n) is 12.7. The van der Waals surface area contributed by atoms with Gasteiger partial charge in [-0.2, -0.15) is 0 Å². The molecule has 0 spiro atoms. The predicted molar refractivity (Wildman–Crippen MR) is 140 cm³/mol. The number of benzene rings is 1. The van der Waals surface area contributed by atoms with Crippen LogP contribution in [0.2, 0.25) is 0 Å². The van der Waals surface area contributed by atoms with Gasteiger partial charge < -0.3 is 19.9 Å². The zero-order chi connectivity index (χ0) is 25.4. The van der Waals surface area contributed by atoms with Gasteiger partial charge in [-0.3, -0.25) is 9.69 Å². The summed E-state index contributed by atoms with van der Waals surface area (Å²) >= 11 is 0. The van der Waals surface area contributed by atoms with Crippen molar-refractivity contribution in [2.45, 2.75) is 25.8 Å². The summed E-state index contributed by atoms with van der Waals surface area (Å²) in [6.07, 6.45) is 5.44. The van der Waals surface area contributed by atoms with Gasteiger partial charge in [-0.1, -0.05) is 6.07 Å². The molecule has 1 amide bonds. The largest absolute Gasteiger partial charge is 0.481 e. The standard InChI is InChI=1S/C27H30N8O2/c1-17(34-9-11-35(12-10-34)26(36)18-3-4-18)19-7-8-28-24(14-19)33-27-31-21-6-5-20(13-23(21)32-27)22-15-25(37-2)30-16-29-22/h5-8,13-18H,3-4,9-12H2,1-2H3,(H2,28,31,32,33)/t17-/m0/s1. The highest BCUT2D eigenvalue weighted by atomic mass is 16.5. The maximum absolute atomic E-state index is 12.4. The Kier molecular flexibility index (Phi) is 6.17. The minimum atomic E-state index is 0.227. The first-order valence-corrected chi connectivity index (χ1v) is 12.7. The molecular formula is C27H30N8O2. The van der Waals surface area contributed by atoms with Crippen molar-refractivity contribution in [3.63, 3.8) is 0 Å². The topological polar surface area (TPSA) is 112 Å². The molecule has 2 aliphatic rings. The maximum atomic E-state index is 12.4. The monoisotopic (exact) mass is 498 g/mol. The minimum absolute atomic E-state index is 0.227. The zero-order valence-corrected chi connectivity index (χ0v) is 21.0. The zero-order valence-electron chi connectivity index (χ0n) is 21.0. The molecule has 0 bridgehead atoms. The second-order valence-corrected chi connectivity index (χ2v) is 9.67. The number of ether oxygens (including phenoxy) is 1. The molecule has 2 N–H and O–H groups in total. The van der Waals surface area contributed by atoms with E-state index in [1.54, 1.807) is 13.2 Å². The number of methoxy groups -OCH3 is 1. The highest BCUT2D eigenvalue weighted by Gasteiger charge is 2.35. The Hall–Kier alpha value is -4.05. The number of nitrogens with zero attached hydrogens (tertiary/aromatic N) is 6. The average molecular weight is 499 g/mol. The van der Waals surface area contributed by atoms with E-state index in [4.69, 9.17) is 4.74 Å². The van der Waals surface area contributed by atoms with Crippen molar-refractivity contribution in [2.24, 2.45) is 5.92 Å². The van der Waals surface area contributed by atoms with E-state index in [-0.39, 0.29) is 6.04 Å². The fourth-order valence-corrected chi connectivity index (χ4v) is 4.86. The lowest BCUT2D eigenvalue weighted by atomic mass is 10.1. The summed E-state index contributed by atoms with van der Waals surface area (Å²) < 4.78 is 5.22. The van der Waals surface area contributed by atoms with Gasteiger partial charge in [-0.15, -0.1) is 0 Å². The number of H-pyrrole nitrogens is 1. The van der Waals surface area contributed by atoms with Gasteiger partial charge in [0, 0.05) is 56.0 Å². The summed E-state index contributed by atoms with van der Waals surface area (Å²) in [6, 6.07) is 12.1. The van der Waals surface area contributed by atoms with Crippen molar-refractivity contribution in [1.29, 1.82) is 0 Å². The molecule has 2 fully saturated rings. The van der Waals surface area contributed by atoms with E-state index in [2.05, 4.69) is 54.2 Å². The van der Waals surface area contributed by atoms with E-state index >= 15 is 0 Å². The normalized spacial score (nSPS) is 17.1. The summed E-state index contributed by atoms with van der Waals surface area (Å²) in [6.45, 7) is 5.59. The van der Waals surface area contributed by atoms with Crippen LogP contribution in [0, 0.1) is 5.92 Å². The maximum Gasteiger partial charge on any atom is 0.225 e. The van der Waals surface area contributed by atoms with Gasteiger partial charge in [0.15, 0.2) is 0 Å². The third-order valence-electron chi connectivity index (χ3n) is 7.24. The van der Waals surface area contributed by atoms with Crippen LogP contribution in [-0.2, 0) is 4.79 Å². The van der Waals surface area contributed by atoms with Crippen molar-refractivity contribution in [3.05, 3.63) is 54.5 Å². The number of aromatic amines is 1. The summed E-state index contributed by atoms with van der Waals surface area (Å²) in [5.74, 6) is 2.50. The molecule has 1 atom stereocenters. The minimum Gasteiger partial charge on any atom is -0.481 e. The number of hydrogen-bond acceptors (Lipinski definition) is 8. The Labute approximate surface area is 215 Å². The van der Waals surface area contributed by atoms with Crippen LogP contribution in [0.15, 0.2) is 48.9 Å². The van der Waals surface area contributed by atoms with E-state index in [0.717, 1.165) is 67.1 Å². The molecule has 6 rings (SSSR count). The quantitative estimate of drug-likeness (QED) is 0.396. The molecule has 3 aromatic heterocycles. The van der Waals surface area contributed by atoms with Gasteiger partial charge >= 0.3 is 0 Å². The highest BCUT2D eigenvalue weighted by Crippen LogP contribution is 2.32. The van der Waals surface area contributed by atoms with Crippen molar-refractivity contribution in [3.8, 4) is 17.1 Å². The lowest BCUT2D eigenvalue weighted by Gasteiger charge is -2.38. The number of carbonyl (C=O) groups excluding carboxylic acids is 1. The first-order chi connectivity index (χ1) is 18.1. The Bertz CT molecular complexity index is 1420. The van der Waals surface area contributed by atoms with Crippen molar-refractivity contribution >= 4 is 28.7 Å². The number of pyridine rings is 1. The van der Waals surface area contributed by atoms with Crippen LogP contribution in [-0.4, -0.2) is 73.9 Å². The van der Waals surface area contributed by atoms with E-state index < -0.39 is 0 Å². The van der Waals surface area contributed by atoms with Crippen molar-refractivity contribution in [2.75, 3.05) is 38.6 Å². The number of piperazine rings is 1. The van der Waals surface area contributed by atoms with E-state index in [1.807, 2.05) is 29.3 Å². The first kappa shape index (κ1) is 23.4. The van der Waals surface area contributed by atoms with Crippen molar-refractivity contribution in [1.82, 2.24) is 34.7 Å². The second kappa shape index (κ2) is 9.78. The molecule has 4 heterocycles. The van der Waals surface area contributed by atoms with Gasteiger partial charge in [0.05, 0.1) is 23.8 Å². The molecule has 1 saturated carbocycles. The Morgan fingerprint density at radius 2 is 1.92 bits per heavy atom. The van der Waals surface area contributed by atoms with Crippen LogP contribution in [0.5, 0.6) is 5.88 Å². The lowest BCUT2D eigenvalue weighted by Crippen LogP contribution is -2.49. The van der Waals surface area contributed by atoms with E-state index in [9.17, 15) is 4.79 Å². The number of rotatable bonds is 7. The summed E-state index contributed by atoms with van der Waals surface area (Å²) in [5, 5.41) is 3.32. The van der Waals surface area contributed by atoms with Crippen LogP contribution < -0.4 is 10.1 Å². The number of fused-ring (bicyclic) bond motifs is 1.